The van der Waals surface area contributed by atoms with Crippen molar-refractivity contribution < 1.29 is 9.84 Å². The fourth-order valence-corrected chi connectivity index (χ4v) is 2.22. The molecule has 19 heavy (non-hydrogen) atoms. The highest BCUT2D eigenvalue weighted by molar-refractivity contribution is 5.91. The van der Waals surface area contributed by atoms with Gasteiger partial charge in [0.15, 0.2) is 0 Å². The van der Waals surface area contributed by atoms with Gasteiger partial charge >= 0.3 is 0 Å². The minimum atomic E-state index is -0.526. The van der Waals surface area contributed by atoms with Gasteiger partial charge in [-0.3, -0.25) is 0 Å². The summed E-state index contributed by atoms with van der Waals surface area (Å²) in [6, 6.07) is 11.4. The average Bonchev–Trinajstić information content (AvgIpc) is 2.44. The van der Waals surface area contributed by atoms with Crippen molar-refractivity contribution in [2.45, 2.75) is 25.5 Å². The molecule has 0 spiro atoms. The van der Waals surface area contributed by atoms with Crippen LogP contribution >= 0.6 is 12.4 Å². The van der Waals surface area contributed by atoms with Crippen LogP contribution < -0.4 is 10.5 Å². The van der Waals surface area contributed by atoms with Crippen molar-refractivity contribution >= 4 is 23.2 Å². The molecular weight excluding hydrogens is 262 g/mol. The predicted molar refractivity (Wildman–Crippen MR) is 81.0 cm³/mol. The van der Waals surface area contributed by atoms with Crippen molar-refractivity contribution in [2.75, 3.05) is 7.11 Å². The van der Waals surface area contributed by atoms with E-state index >= 15 is 0 Å². The van der Waals surface area contributed by atoms with E-state index in [9.17, 15) is 5.11 Å². The Morgan fingerprint density at radius 3 is 2.37 bits per heavy atom. The average molecular weight is 282 g/mol. The quantitative estimate of drug-likeness (QED) is 0.906. The molecule has 0 saturated carbocycles. The maximum Gasteiger partial charge on any atom is 0.126 e. The summed E-state index contributed by atoms with van der Waals surface area (Å²) in [7, 11) is 1.66. The van der Waals surface area contributed by atoms with Crippen LogP contribution in [0, 0.1) is 0 Å². The van der Waals surface area contributed by atoms with Crippen molar-refractivity contribution in [3.05, 3.63) is 42.0 Å². The normalized spacial score (nSPS) is 13.7. The molecule has 0 saturated heterocycles. The van der Waals surface area contributed by atoms with E-state index in [4.69, 9.17) is 10.5 Å². The van der Waals surface area contributed by atoms with Crippen molar-refractivity contribution in [3.8, 4) is 5.75 Å². The zero-order valence-electron chi connectivity index (χ0n) is 11.2. The number of aliphatic hydroxyl groups is 1. The molecular formula is C15H20ClNO2. The Morgan fingerprint density at radius 2 is 1.79 bits per heavy atom. The molecule has 2 atom stereocenters. The SMILES string of the molecule is CC[C@H](O)[C@H](N)c1ccc(OC)c2ccccc12.Cl. The van der Waals surface area contributed by atoms with Gasteiger partial charge in [0.05, 0.1) is 19.3 Å². The molecule has 0 fully saturated rings. The van der Waals surface area contributed by atoms with Gasteiger partial charge in [0.25, 0.3) is 0 Å². The third-order valence-electron chi connectivity index (χ3n) is 3.33. The van der Waals surface area contributed by atoms with Crippen LogP contribution in [0.15, 0.2) is 36.4 Å². The number of fused-ring (bicyclic) bond motifs is 1. The lowest BCUT2D eigenvalue weighted by Gasteiger charge is -2.20. The minimum absolute atomic E-state index is 0. The molecule has 0 amide bonds. The number of aliphatic hydroxyl groups excluding tert-OH is 1. The lowest BCUT2D eigenvalue weighted by Crippen LogP contribution is -2.25. The third-order valence-corrected chi connectivity index (χ3v) is 3.33. The van der Waals surface area contributed by atoms with Crippen LogP contribution in [0.25, 0.3) is 10.8 Å². The number of rotatable bonds is 4. The van der Waals surface area contributed by atoms with Crippen LogP contribution in [0.2, 0.25) is 0 Å². The summed E-state index contributed by atoms with van der Waals surface area (Å²) in [6.07, 6.45) is 0.114. The highest BCUT2D eigenvalue weighted by Crippen LogP contribution is 2.32. The first-order valence-electron chi connectivity index (χ1n) is 6.18. The molecule has 0 aliphatic carbocycles. The lowest BCUT2D eigenvalue weighted by molar-refractivity contribution is 0.141. The van der Waals surface area contributed by atoms with Crippen LogP contribution in [-0.4, -0.2) is 18.3 Å². The minimum Gasteiger partial charge on any atom is -0.496 e. The van der Waals surface area contributed by atoms with Crippen LogP contribution in [-0.2, 0) is 0 Å². The maximum atomic E-state index is 9.91. The van der Waals surface area contributed by atoms with E-state index in [-0.39, 0.29) is 18.4 Å². The number of hydrogen-bond acceptors (Lipinski definition) is 3. The van der Waals surface area contributed by atoms with Crippen LogP contribution in [0.3, 0.4) is 0 Å². The topological polar surface area (TPSA) is 55.5 Å². The standard InChI is InChI=1S/C15H19NO2.ClH/c1-3-13(17)15(16)12-8-9-14(18-2)11-7-5-4-6-10(11)12;/h4-9,13,15,17H,3,16H2,1-2H3;1H/t13-,15+;/m0./s1. The number of ether oxygens (including phenoxy) is 1. The summed E-state index contributed by atoms with van der Waals surface area (Å²) >= 11 is 0. The van der Waals surface area contributed by atoms with E-state index in [0.717, 1.165) is 22.1 Å². The van der Waals surface area contributed by atoms with Crippen molar-refractivity contribution in [1.82, 2.24) is 0 Å². The van der Waals surface area contributed by atoms with Crippen LogP contribution in [0.1, 0.15) is 24.9 Å². The Bertz CT molecular complexity index is 545. The molecule has 3 N–H and O–H groups in total. The maximum absolute atomic E-state index is 9.91. The molecule has 0 aromatic heterocycles. The Labute approximate surface area is 119 Å². The van der Waals surface area contributed by atoms with E-state index in [1.807, 2.05) is 43.3 Å². The summed E-state index contributed by atoms with van der Waals surface area (Å²) in [4.78, 5) is 0. The van der Waals surface area contributed by atoms with Gasteiger partial charge in [0, 0.05) is 5.39 Å². The molecule has 0 radical (unpaired) electrons. The smallest absolute Gasteiger partial charge is 0.126 e. The second kappa shape index (κ2) is 6.75. The fourth-order valence-electron chi connectivity index (χ4n) is 2.22. The van der Waals surface area contributed by atoms with Gasteiger partial charge in [-0.1, -0.05) is 37.3 Å². The molecule has 2 aromatic carbocycles. The molecule has 4 heteroatoms. The Hall–Kier alpha value is -1.29. The van der Waals surface area contributed by atoms with E-state index in [1.165, 1.54) is 0 Å². The van der Waals surface area contributed by atoms with E-state index in [1.54, 1.807) is 7.11 Å². The molecule has 0 unspecified atom stereocenters. The number of nitrogens with two attached hydrogens (primary N) is 1. The zero-order valence-corrected chi connectivity index (χ0v) is 12.0. The first-order chi connectivity index (χ1) is 8.69. The monoisotopic (exact) mass is 281 g/mol. The first kappa shape index (κ1) is 15.8. The number of methoxy groups -OCH3 is 1. The number of halogens is 1. The number of hydrogen-bond donors (Lipinski definition) is 2. The molecule has 104 valence electrons. The van der Waals surface area contributed by atoms with Gasteiger partial charge in [0.1, 0.15) is 5.75 Å². The summed E-state index contributed by atoms with van der Waals surface area (Å²) in [5, 5.41) is 12.0. The van der Waals surface area contributed by atoms with Gasteiger partial charge in [0.2, 0.25) is 0 Å². The van der Waals surface area contributed by atoms with Crippen LogP contribution in [0.5, 0.6) is 5.75 Å². The Kier molecular flexibility index (Phi) is 5.60. The van der Waals surface area contributed by atoms with Gasteiger partial charge in [-0.25, -0.2) is 0 Å². The third kappa shape index (κ3) is 3.00. The molecule has 2 aromatic rings. The van der Waals surface area contributed by atoms with Gasteiger partial charge in [-0.15, -0.1) is 12.4 Å². The summed E-state index contributed by atoms with van der Waals surface area (Å²) in [6.45, 7) is 1.93. The summed E-state index contributed by atoms with van der Waals surface area (Å²) in [5.74, 6) is 0.826. The first-order valence-corrected chi connectivity index (χ1v) is 6.18. The molecule has 0 heterocycles. The second-order valence-corrected chi connectivity index (χ2v) is 4.40. The summed E-state index contributed by atoms with van der Waals surface area (Å²) in [5.41, 5.74) is 7.07. The Balaban J connectivity index is 0.00000180. The molecule has 0 bridgehead atoms. The van der Waals surface area contributed by atoms with Crippen molar-refractivity contribution in [2.24, 2.45) is 5.73 Å². The molecule has 2 rings (SSSR count). The Morgan fingerprint density at radius 1 is 1.16 bits per heavy atom. The largest absolute Gasteiger partial charge is 0.496 e. The zero-order chi connectivity index (χ0) is 13.1. The van der Waals surface area contributed by atoms with E-state index in [2.05, 4.69) is 0 Å². The van der Waals surface area contributed by atoms with E-state index in [0.29, 0.717) is 6.42 Å². The number of benzene rings is 2. The second-order valence-electron chi connectivity index (χ2n) is 4.40. The molecule has 0 aliphatic rings. The molecule has 3 nitrogen and oxygen atoms in total. The highest BCUT2D eigenvalue weighted by Gasteiger charge is 2.18. The predicted octanol–water partition coefficient (Wildman–Crippen LogP) is 3.04. The lowest BCUT2D eigenvalue weighted by atomic mass is 9.94. The van der Waals surface area contributed by atoms with Crippen molar-refractivity contribution in [3.63, 3.8) is 0 Å². The molecule has 0 aliphatic heterocycles. The fraction of sp³-hybridized carbons (Fsp3) is 0.333. The van der Waals surface area contributed by atoms with Gasteiger partial charge < -0.3 is 15.6 Å². The van der Waals surface area contributed by atoms with E-state index < -0.39 is 6.10 Å². The highest BCUT2D eigenvalue weighted by atomic mass is 35.5. The van der Waals surface area contributed by atoms with Gasteiger partial charge in [-0.2, -0.15) is 0 Å². The summed E-state index contributed by atoms with van der Waals surface area (Å²) < 4.78 is 5.35. The van der Waals surface area contributed by atoms with Crippen LogP contribution in [0.4, 0.5) is 0 Å². The van der Waals surface area contributed by atoms with Crippen molar-refractivity contribution in [1.29, 1.82) is 0 Å². The van der Waals surface area contributed by atoms with Gasteiger partial charge in [-0.05, 0) is 23.4 Å².